The molecule has 2 aromatic carbocycles. The average Bonchev–Trinajstić information content (AvgIpc) is 3.27. The van der Waals surface area contributed by atoms with Gasteiger partial charge in [-0.3, -0.25) is 14.9 Å². The van der Waals surface area contributed by atoms with Crippen LogP contribution in [0.4, 0.5) is 0 Å². The molecule has 4 aromatic rings. The Hall–Kier alpha value is -3.55. The van der Waals surface area contributed by atoms with Gasteiger partial charge in [-0.2, -0.15) is 5.10 Å². The maximum atomic E-state index is 13.1. The molecule has 174 valence electrons. The number of aromatic amines is 1. The van der Waals surface area contributed by atoms with Gasteiger partial charge in [0.15, 0.2) is 0 Å². The molecule has 0 saturated heterocycles. The molecule has 4 N–H and O–H groups in total. The molecular formula is C27H28N4O3. The fourth-order valence-electron chi connectivity index (χ4n) is 4.94. The van der Waals surface area contributed by atoms with E-state index in [1.165, 1.54) is 0 Å². The van der Waals surface area contributed by atoms with Crippen LogP contribution in [0.5, 0.6) is 0 Å². The summed E-state index contributed by atoms with van der Waals surface area (Å²) in [5.41, 5.74) is 3.37. The van der Waals surface area contributed by atoms with Crippen LogP contribution in [0.2, 0.25) is 0 Å². The topological polar surface area (TPSA) is 111 Å². The highest BCUT2D eigenvalue weighted by atomic mass is 16.3. The van der Waals surface area contributed by atoms with Crippen LogP contribution in [-0.4, -0.2) is 42.9 Å². The Balaban J connectivity index is 1.35. The fraction of sp³-hybridized carbons (Fsp3) is 0.296. The Morgan fingerprint density at radius 1 is 1.18 bits per heavy atom. The van der Waals surface area contributed by atoms with Crippen molar-refractivity contribution in [1.29, 1.82) is 0 Å². The van der Waals surface area contributed by atoms with E-state index in [0.717, 1.165) is 40.7 Å². The van der Waals surface area contributed by atoms with E-state index >= 15 is 0 Å². The van der Waals surface area contributed by atoms with Gasteiger partial charge in [0.1, 0.15) is 11.8 Å². The van der Waals surface area contributed by atoms with Crippen LogP contribution >= 0.6 is 0 Å². The molecule has 7 nitrogen and oxygen atoms in total. The van der Waals surface area contributed by atoms with Crippen molar-refractivity contribution in [3.63, 3.8) is 0 Å². The van der Waals surface area contributed by atoms with Crippen molar-refractivity contribution in [1.82, 2.24) is 20.5 Å². The molecule has 1 fully saturated rings. The van der Waals surface area contributed by atoms with Crippen molar-refractivity contribution in [2.75, 3.05) is 0 Å². The smallest absolute Gasteiger partial charge is 0.251 e. The molecule has 7 heteroatoms. The summed E-state index contributed by atoms with van der Waals surface area (Å²) in [6.45, 7) is 1.93. The van der Waals surface area contributed by atoms with Crippen LogP contribution in [0.3, 0.4) is 0 Å². The summed E-state index contributed by atoms with van der Waals surface area (Å²) < 4.78 is 0. The number of carbonyl (C=O) groups is 1. The highest BCUT2D eigenvalue weighted by Crippen LogP contribution is 2.38. The van der Waals surface area contributed by atoms with Crippen LogP contribution in [0.15, 0.2) is 66.9 Å². The molecule has 3 unspecified atom stereocenters. The summed E-state index contributed by atoms with van der Waals surface area (Å²) in [7, 11) is 0. The van der Waals surface area contributed by atoms with E-state index in [1.54, 1.807) is 12.3 Å². The fourth-order valence-corrected chi connectivity index (χ4v) is 4.94. The van der Waals surface area contributed by atoms with Crippen LogP contribution in [0.25, 0.3) is 22.2 Å². The molecule has 2 aromatic heterocycles. The minimum atomic E-state index is -1.28. The van der Waals surface area contributed by atoms with Crippen molar-refractivity contribution in [3.05, 3.63) is 83.7 Å². The summed E-state index contributed by atoms with van der Waals surface area (Å²) >= 11 is 0. The molecule has 0 aliphatic heterocycles. The zero-order chi connectivity index (χ0) is 23.7. The van der Waals surface area contributed by atoms with Crippen molar-refractivity contribution in [3.8, 4) is 11.3 Å². The van der Waals surface area contributed by atoms with E-state index in [-0.39, 0.29) is 11.9 Å². The summed E-state index contributed by atoms with van der Waals surface area (Å²) in [6, 6.07) is 18.3. The largest absolute Gasteiger partial charge is 0.387 e. The first-order valence-corrected chi connectivity index (χ1v) is 11.6. The first-order chi connectivity index (χ1) is 16.4. The Kier molecular flexibility index (Phi) is 5.89. The van der Waals surface area contributed by atoms with E-state index in [0.29, 0.717) is 24.0 Å². The number of pyridine rings is 1. The Morgan fingerprint density at radius 2 is 2.00 bits per heavy atom. The predicted octanol–water partition coefficient (Wildman–Crippen LogP) is 4.07. The van der Waals surface area contributed by atoms with Gasteiger partial charge in [-0.25, -0.2) is 0 Å². The molecule has 1 saturated carbocycles. The van der Waals surface area contributed by atoms with Gasteiger partial charge in [-0.05, 0) is 68.5 Å². The van der Waals surface area contributed by atoms with Crippen LogP contribution in [-0.2, 0) is 0 Å². The lowest BCUT2D eigenvalue weighted by Gasteiger charge is -2.40. The Morgan fingerprint density at radius 3 is 2.79 bits per heavy atom. The molecule has 1 aliphatic carbocycles. The number of nitrogens with zero attached hydrogens (tertiary/aromatic N) is 2. The monoisotopic (exact) mass is 456 g/mol. The van der Waals surface area contributed by atoms with Crippen molar-refractivity contribution in [2.45, 2.75) is 50.4 Å². The zero-order valence-corrected chi connectivity index (χ0v) is 19.0. The van der Waals surface area contributed by atoms with Gasteiger partial charge in [-0.1, -0.05) is 30.3 Å². The maximum Gasteiger partial charge on any atom is 0.251 e. The van der Waals surface area contributed by atoms with Crippen molar-refractivity contribution in [2.24, 2.45) is 0 Å². The lowest BCUT2D eigenvalue weighted by Crippen LogP contribution is -2.48. The third-order valence-corrected chi connectivity index (χ3v) is 6.72. The highest BCUT2D eigenvalue weighted by molar-refractivity contribution is 6.01. The van der Waals surface area contributed by atoms with Crippen molar-refractivity contribution < 1.29 is 15.0 Å². The van der Waals surface area contributed by atoms with Gasteiger partial charge in [0, 0.05) is 34.4 Å². The Labute approximate surface area is 197 Å². The number of amides is 1. The van der Waals surface area contributed by atoms with E-state index in [4.69, 9.17) is 0 Å². The number of aromatic nitrogens is 3. The second-order valence-electron chi connectivity index (χ2n) is 9.20. The quantitative estimate of drug-likeness (QED) is 0.362. The molecule has 34 heavy (non-hydrogen) atoms. The van der Waals surface area contributed by atoms with E-state index in [2.05, 4.69) is 20.5 Å². The summed E-state index contributed by atoms with van der Waals surface area (Å²) in [5, 5.41) is 33.5. The normalized spacial score (nSPS) is 21.3. The average molecular weight is 457 g/mol. The van der Waals surface area contributed by atoms with Gasteiger partial charge in [0.2, 0.25) is 0 Å². The minimum Gasteiger partial charge on any atom is -0.387 e. The third kappa shape index (κ3) is 4.32. The van der Waals surface area contributed by atoms with Gasteiger partial charge < -0.3 is 15.5 Å². The summed E-state index contributed by atoms with van der Waals surface area (Å²) in [5.74, 6) is -0.205. The standard InChI is InChI=1S/C27H28N4O3/c1-17-14-19(11-13-28-17)24-22-15-20(9-10-23(22)30-31-24)26(33)29-21-8-5-12-27(34,16-21)25(32)18-6-3-2-4-7-18/h2-4,6-7,9-11,13-15,21,25,32,34H,5,8,12,16H2,1H3,(H,29,33)(H,30,31). The highest BCUT2D eigenvalue weighted by Gasteiger charge is 2.41. The number of hydrogen-bond donors (Lipinski definition) is 4. The molecule has 0 radical (unpaired) electrons. The third-order valence-electron chi connectivity index (χ3n) is 6.72. The summed E-state index contributed by atoms with van der Waals surface area (Å²) in [6.07, 6.45) is 3.01. The van der Waals surface area contributed by atoms with Gasteiger partial charge >= 0.3 is 0 Å². The SMILES string of the molecule is Cc1cc(-c2n[nH]c3ccc(C(=O)NC4CCCC(O)(C(O)c5ccccc5)C4)cc23)ccn1. The number of aryl methyl sites for hydroxylation is 1. The van der Waals surface area contributed by atoms with E-state index < -0.39 is 11.7 Å². The first kappa shape index (κ1) is 22.3. The maximum absolute atomic E-state index is 13.1. The zero-order valence-electron chi connectivity index (χ0n) is 19.0. The number of aliphatic hydroxyl groups excluding tert-OH is 1. The van der Waals surface area contributed by atoms with Gasteiger partial charge in [-0.15, -0.1) is 0 Å². The minimum absolute atomic E-state index is 0.205. The number of hydrogen-bond acceptors (Lipinski definition) is 5. The molecule has 5 rings (SSSR count). The van der Waals surface area contributed by atoms with Crippen LogP contribution < -0.4 is 5.32 Å². The Bertz CT molecular complexity index is 1320. The van der Waals surface area contributed by atoms with Crippen LogP contribution in [0.1, 0.15) is 53.4 Å². The molecule has 2 heterocycles. The number of H-pyrrole nitrogens is 1. The van der Waals surface area contributed by atoms with Gasteiger partial charge in [0.25, 0.3) is 5.91 Å². The molecule has 0 bridgehead atoms. The number of carbonyl (C=O) groups excluding carboxylic acids is 1. The number of rotatable bonds is 5. The van der Waals surface area contributed by atoms with Crippen LogP contribution in [0, 0.1) is 6.92 Å². The molecular weight excluding hydrogens is 428 g/mol. The second-order valence-corrected chi connectivity index (χ2v) is 9.20. The lowest BCUT2D eigenvalue weighted by molar-refractivity contribution is -0.105. The predicted molar refractivity (Wildman–Crippen MR) is 130 cm³/mol. The molecule has 1 amide bonds. The number of benzene rings is 2. The van der Waals surface area contributed by atoms with E-state index in [1.807, 2.05) is 61.5 Å². The second kappa shape index (κ2) is 9.00. The molecule has 3 atom stereocenters. The number of aliphatic hydroxyl groups is 2. The molecule has 0 spiro atoms. The van der Waals surface area contributed by atoms with Crippen molar-refractivity contribution >= 4 is 16.8 Å². The number of fused-ring (bicyclic) bond motifs is 1. The van der Waals surface area contributed by atoms with E-state index in [9.17, 15) is 15.0 Å². The number of nitrogens with one attached hydrogen (secondary N) is 2. The molecule has 1 aliphatic rings. The van der Waals surface area contributed by atoms with Gasteiger partial charge in [0.05, 0.1) is 11.1 Å². The lowest BCUT2D eigenvalue weighted by atomic mass is 9.76. The first-order valence-electron chi connectivity index (χ1n) is 11.6. The summed E-state index contributed by atoms with van der Waals surface area (Å²) in [4.78, 5) is 17.4.